The maximum Gasteiger partial charge on any atom is 0.518 e. The number of ether oxygens (including phenoxy) is 1. The van der Waals surface area contributed by atoms with Crippen LogP contribution >= 0.6 is 0 Å². The van der Waals surface area contributed by atoms with Gasteiger partial charge in [-0.2, -0.15) is 14.5 Å². The van der Waals surface area contributed by atoms with E-state index in [4.69, 9.17) is 4.74 Å². The molecule has 0 saturated heterocycles. The zero-order valence-electron chi connectivity index (χ0n) is 17.7. The number of aliphatic hydroxyl groups excluding tert-OH is 1. The van der Waals surface area contributed by atoms with Crippen LogP contribution in [0.25, 0.3) is 22.3 Å². The Hall–Kier alpha value is -2.81. The van der Waals surface area contributed by atoms with Gasteiger partial charge in [0, 0.05) is 5.39 Å². The molecule has 0 radical (unpaired) electrons. The number of fused-ring (bicyclic) bond motifs is 1. The number of aromatic amines is 1. The van der Waals surface area contributed by atoms with Crippen molar-refractivity contribution in [1.82, 2.24) is 20.0 Å². The van der Waals surface area contributed by atoms with Crippen molar-refractivity contribution in [2.75, 3.05) is 0 Å². The maximum atomic E-state index is 14.0. The molecule has 2 aliphatic rings. The third-order valence-electron chi connectivity index (χ3n) is 6.49. The number of aryl methyl sites for hydroxylation is 1. The monoisotopic (exact) mass is 428 g/mol. The summed E-state index contributed by atoms with van der Waals surface area (Å²) in [6, 6.07) is 5.60. The number of nitrogens with zero attached hydrogens (tertiary/aromatic N) is 4. The van der Waals surface area contributed by atoms with Crippen molar-refractivity contribution in [3.63, 3.8) is 0 Å². The number of alkyl halides is 1. The molecule has 31 heavy (non-hydrogen) atoms. The minimum Gasteiger partial charge on any atom is -0.488 e. The number of hydrogen-bond donors (Lipinski definition) is 2. The van der Waals surface area contributed by atoms with Crippen LogP contribution in [0.15, 0.2) is 29.2 Å². The zero-order chi connectivity index (χ0) is 21.8. The molecule has 2 aliphatic carbocycles. The zero-order valence-corrected chi connectivity index (χ0v) is 17.7. The van der Waals surface area contributed by atoms with Gasteiger partial charge < -0.3 is 9.84 Å². The first kappa shape index (κ1) is 20.1. The fourth-order valence-electron chi connectivity index (χ4n) is 4.28. The van der Waals surface area contributed by atoms with Gasteiger partial charge in [-0.05, 0) is 63.6 Å². The summed E-state index contributed by atoms with van der Waals surface area (Å²) in [5.74, 6) is 0.777. The Balaban J connectivity index is 1.54. The molecule has 0 aliphatic heterocycles. The molecule has 2 N–H and O–H groups in total. The molecule has 2 fully saturated rings. The average Bonchev–Trinajstić information content (AvgIpc) is 3.36. The minimum atomic E-state index is -1.25. The second-order valence-corrected chi connectivity index (χ2v) is 9.05. The lowest BCUT2D eigenvalue weighted by molar-refractivity contribution is -0.742. The molecule has 3 aromatic rings. The van der Waals surface area contributed by atoms with Crippen LogP contribution in [-0.2, 0) is 7.05 Å². The van der Waals surface area contributed by atoms with E-state index < -0.39 is 12.3 Å². The average molecular weight is 428 g/mol. The fourth-order valence-corrected chi connectivity index (χ4v) is 4.28. The first-order chi connectivity index (χ1) is 14.8. The Kier molecular flexibility index (Phi) is 4.80. The Morgan fingerprint density at radius 1 is 1.29 bits per heavy atom. The highest BCUT2D eigenvalue weighted by Gasteiger charge is 2.40. The third kappa shape index (κ3) is 3.82. The summed E-state index contributed by atoms with van der Waals surface area (Å²) in [5, 5.41) is 22.6. The number of halogens is 1. The van der Waals surface area contributed by atoms with Gasteiger partial charge in [0.1, 0.15) is 42.5 Å². The van der Waals surface area contributed by atoms with Crippen LogP contribution < -0.4 is 15.0 Å². The Bertz CT molecular complexity index is 1170. The van der Waals surface area contributed by atoms with Crippen molar-refractivity contribution >= 4 is 10.9 Å². The summed E-state index contributed by atoms with van der Waals surface area (Å²) in [6.45, 7) is 2.09. The number of aliphatic hydroxyl groups is 1. The van der Waals surface area contributed by atoms with Crippen LogP contribution in [0.2, 0.25) is 0 Å². The van der Waals surface area contributed by atoms with Gasteiger partial charge in [-0.1, -0.05) is 9.78 Å². The molecule has 3 unspecified atom stereocenters. The molecule has 2 aromatic heterocycles. The SMILES string of the molecule is Cn1nc(-c2n[nH]c3ccc(OC4(C)CC4)cc23)c[n+](C2CCC(O)C(F)CC2)c1=O. The molecule has 5 rings (SSSR count). The second-order valence-electron chi connectivity index (χ2n) is 9.05. The van der Waals surface area contributed by atoms with Crippen LogP contribution in [0.4, 0.5) is 4.39 Å². The second kappa shape index (κ2) is 7.40. The quantitative estimate of drug-likeness (QED) is 0.491. The van der Waals surface area contributed by atoms with Gasteiger partial charge in [0.2, 0.25) is 0 Å². The maximum absolute atomic E-state index is 14.0. The van der Waals surface area contributed by atoms with E-state index in [1.807, 2.05) is 18.2 Å². The Labute approximate surface area is 178 Å². The van der Waals surface area contributed by atoms with Gasteiger partial charge in [0.25, 0.3) is 0 Å². The molecule has 164 valence electrons. The van der Waals surface area contributed by atoms with Crippen molar-refractivity contribution in [3.05, 3.63) is 34.9 Å². The van der Waals surface area contributed by atoms with Crippen molar-refractivity contribution in [2.24, 2.45) is 7.05 Å². The van der Waals surface area contributed by atoms with E-state index in [9.17, 15) is 14.3 Å². The molecule has 0 amide bonds. The highest BCUT2D eigenvalue weighted by atomic mass is 19.1. The highest BCUT2D eigenvalue weighted by Crippen LogP contribution is 2.40. The number of rotatable bonds is 4. The summed E-state index contributed by atoms with van der Waals surface area (Å²) in [6.07, 6.45) is 3.12. The van der Waals surface area contributed by atoms with Crippen molar-refractivity contribution in [3.8, 4) is 17.1 Å². The van der Waals surface area contributed by atoms with Gasteiger partial charge >= 0.3 is 5.69 Å². The first-order valence-electron chi connectivity index (χ1n) is 10.8. The molecular weight excluding hydrogens is 401 g/mol. The van der Waals surface area contributed by atoms with Crippen molar-refractivity contribution in [1.29, 1.82) is 0 Å². The van der Waals surface area contributed by atoms with E-state index >= 15 is 0 Å². The predicted octanol–water partition coefficient (Wildman–Crippen LogP) is 2.36. The molecule has 0 spiro atoms. The normalized spacial score (nSPS) is 25.4. The van der Waals surface area contributed by atoms with Crippen LogP contribution in [0.5, 0.6) is 5.75 Å². The molecule has 8 nitrogen and oxygen atoms in total. The summed E-state index contributed by atoms with van der Waals surface area (Å²) in [5.41, 5.74) is 1.66. The number of hydrogen-bond acceptors (Lipinski definition) is 5. The van der Waals surface area contributed by atoms with Crippen LogP contribution in [0, 0.1) is 0 Å². The van der Waals surface area contributed by atoms with Crippen LogP contribution in [-0.4, -0.2) is 43.0 Å². The number of benzene rings is 1. The van der Waals surface area contributed by atoms with Gasteiger partial charge in [0.05, 0.1) is 11.6 Å². The van der Waals surface area contributed by atoms with Gasteiger partial charge in [-0.3, -0.25) is 5.10 Å². The summed E-state index contributed by atoms with van der Waals surface area (Å²) >= 11 is 0. The number of nitrogens with one attached hydrogen (secondary N) is 1. The van der Waals surface area contributed by atoms with E-state index in [0.717, 1.165) is 29.5 Å². The van der Waals surface area contributed by atoms with Crippen molar-refractivity contribution in [2.45, 2.75) is 69.4 Å². The van der Waals surface area contributed by atoms with E-state index in [-0.39, 0.29) is 23.8 Å². The van der Waals surface area contributed by atoms with Crippen LogP contribution in [0.3, 0.4) is 0 Å². The highest BCUT2D eigenvalue weighted by molar-refractivity contribution is 5.92. The Morgan fingerprint density at radius 3 is 2.84 bits per heavy atom. The lowest BCUT2D eigenvalue weighted by Crippen LogP contribution is -2.57. The van der Waals surface area contributed by atoms with Gasteiger partial charge in [-0.15, -0.1) is 0 Å². The van der Waals surface area contributed by atoms with Gasteiger partial charge in [0.15, 0.2) is 5.69 Å². The lowest BCUT2D eigenvalue weighted by Gasteiger charge is -2.13. The smallest absolute Gasteiger partial charge is 0.488 e. The topological polar surface area (TPSA) is 96.9 Å². The third-order valence-corrected chi connectivity index (χ3v) is 6.49. The molecule has 2 heterocycles. The molecule has 9 heteroatoms. The standard InChI is InChI=1S/C22H27FN5O3/c1-22(9-10-22)31-14-5-7-17-15(11-14)20(25-24-17)18-12-28(21(30)27(2)26-18)13-3-6-16(23)19(29)8-4-13/h5,7,11-13,16,19,29H,3-4,6,8-10H2,1-2H3,(H,24,25)/q+1. The summed E-state index contributed by atoms with van der Waals surface area (Å²) in [7, 11) is 1.60. The minimum absolute atomic E-state index is 0.0895. The number of aromatic nitrogens is 5. The largest absolute Gasteiger partial charge is 0.518 e. The Morgan fingerprint density at radius 2 is 2.06 bits per heavy atom. The summed E-state index contributed by atoms with van der Waals surface area (Å²) < 4.78 is 23.0. The molecular formula is C22H27FN5O3+. The van der Waals surface area contributed by atoms with Gasteiger partial charge in [-0.25, -0.2) is 4.39 Å². The van der Waals surface area contributed by atoms with E-state index in [1.54, 1.807) is 17.8 Å². The van der Waals surface area contributed by atoms with Crippen LogP contribution in [0.1, 0.15) is 51.5 Å². The van der Waals surface area contributed by atoms with E-state index in [0.29, 0.717) is 30.7 Å². The molecule has 0 bridgehead atoms. The summed E-state index contributed by atoms with van der Waals surface area (Å²) in [4.78, 5) is 12.8. The van der Waals surface area contributed by atoms with E-state index in [1.165, 1.54) is 4.68 Å². The van der Waals surface area contributed by atoms with Crippen molar-refractivity contribution < 1.29 is 18.8 Å². The molecule has 3 atom stereocenters. The fraction of sp³-hybridized carbons (Fsp3) is 0.545. The number of H-pyrrole nitrogens is 1. The first-order valence-corrected chi connectivity index (χ1v) is 10.8. The predicted molar refractivity (Wildman–Crippen MR) is 111 cm³/mol. The van der Waals surface area contributed by atoms with E-state index in [2.05, 4.69) is 22.2 Å². The molecule has 1 aromatic carbocycles. The molecule has 2 saturated carbocycles. The lowest BCUT2D eigenvalue weighted by atomic mass is 10.1.